The third-order valence-corrected chi connectivity index (χ3v) is 4.92. The summed E-state index contributed by atoms with van der Waals surface area (Å²) in [6.45, 7) is 3.23. The number of nitrogens with zero attached hydrogens (tertiary/aromatic N) is 2. The number of aryl methyl sites for hydroxylation is 2. The van der Waals surface area contributed by atoms with Gasteiger partial charge in [0.1, 0.15) is 17.3 Å². The molecule has 8 heteroatoms. The van der Waals surface area contributed by atoms with Gasteiger partial charge in [-0.15, -0.1) is 0 Å². The maximum atomic E-state index is 12.6. The average molecular weight is 406 g/mol. The SMILES string of the molecule is CC(=O)Nc1cc(Oc2ccc3c(c2)CC(C(=O)Nc2cc(C)no2)CC3)ccn1. The van der Waals surface area contributed by atoms with Crippen LogP contribution in [-0.2, 0) is 22.4 Å². The van der Waals surface area contributed by atoms with Crippen molar-refractivity contribution in [1.29, 1.82) is 0 Å². The first-order valence-corrected chi connectivity index (χ1v) is 9.74. The van der Waals surface area contributed by atoms with Crippen molar-refractivity contribution in [1.82, 2.24) is 10.1 Å². The molecule has 0 bridgehead atoms. The summed E-state index contributed by atoms with van der Waals surface area (Å²) in [7, 11) is 0. The van der Waals surface area contributed by atoms with E-state index in [9.17, 15) is 9.59 Å². The molecule has 1 atom stereocenters. The van der Waals surface area contributed by atoms with Gasteiger partial charge in [-0.25, -0.2) is 4.98 Å². The standard InChI is InChI=1S/C22H22N4O4/c1-13-9-21(30-26-13)25-22(28)16-4-3-15-5-6-18(11-17(15)10-16)29-19-7-8-23-20(12-19)24-14(2)27/h5-9,11-12,16H,3-4,10H2,1-2H3,(H,25,28)(H,23,24,27). The number of benzene rings is 1. The lowest BCUT2D eigenvalue weighted by atomic mass is 9.83. The fourth-order valence-corrected chi connectivity index (χ4v) is 3.53. The lowest BCUT2D eigenvalue weighted by Gasteiger charge is -2.24. The highest BCUT2D eigenvalue weighted by Gasteiger charge is 2.26. The Morgan fingerprint density at radius 3 is 2.70 bits per heavy atom. The van der Waals surface area contributed by atoms with E-state index in [2.05, 4.69) is 20.8 Å². The first-order valence-electron chi connectivity index (χ1n) is 9.74. The van der Waals surface area contributed by atoms with Gasteiger partial charge in [0, 0.05) is 31.2 Å². The molecule has 0 radical (unpaired) electrons. The molecule has 0 saturated carbocycles. The van der Waals surface area contributed by atoms with Crippen LogP contribution in [0, 0.1) is 12.8 Å². The quantitative estimate of drug-likeness (QED) is 0.666. The highest BCUT2D eigenvalue weighted by atomic mass is 16.5. The second kappa shape index (κ2) is 8.36. The van der Waals surface area contributed by atoms with E-state index in [0.29, 0.717) is 29.6 Å². The minimum atomic E-state index is -0.196. The van der Waals surface area contributed by atoms with Gasteiger partial charge in [-0.1, -0.05) is 11.2 Å². The number of hydrogen-bond donors (Lipinski definition) is 2. The number of hydrogen-bond acceptors (Lipinski definition) is 6. The van der Waals surface area contributed by atoms with Gasteiger partial charge in [-0.2, -0.15) is 0 Å². The Morgan fingerprint density at radius 1 is 1.10 bits per heavy atom. The normalized spacial score (nSPS) is 15.2. The minimum absolute atomic E-state index is 0.0720. The summed E-state index contributed by atoms with van der Waals surface area (Å²) in [5, 5.41) is 9.22. The Morgan fingerprint density at radius 2 is 1.93 bits per heavy atom. The molecule has 1 aliphatic carbocycles. The van der Waals surface area contributed by atoms with Gasteiger partial charge >= 0.3 is 0 Å². The molecule has 0 aliphatic heterocycles. The topological polar surface area (TPSA) is 106 Å². The fraction of sp³-hybridized carbons (Fsp3) is 0.273. The summed E-state index contributed by atoms with van der Waals surface area (Å²) in [4.78, 5) is 27.9. The number of fused-ring (bicyclic) bond motifs is 1. The van der Waals surface area contributed by atoms with Crippen LogP contribution in [-0.4, -0.2) is 22.0 Å². The second-order valence-electron chi connectivity index (χ2n) is 7.35. The average Bonchev–Trinajstić information content (AvgIpc) is 3.11. The largest absolute Gasteiger partial charge is 0.457 e. The van der Waals surface area contributed by atoms with E-state index in [0.717, 1.165) is 24.1 Å². The van der Waals surface area contributed by atoms with E-state index in [1.54, 1.807) is 31.3 Å². The lowest BCUT2D eigenvalue weighted by Crippen LogP contribution is -2.28. The number of carbonyl (C=O) groups is 2. The van der Waals surface area contributed by atoms with Crippen LogP contribution in [0.2, 0.25) is 0 Å². The maximum absolute atomic E-state index is 12.6. The third-order valence-electron chi connectivity index (χ3n) is 4.92. The van der Waals surface area contributed by atoms with Crippen LogP contribution in [0.15, 0.2) is 47.1 Å². The van der Waals surface area contributed by atoms with Crippen LogP contribution in [0.5, 0.6) is 11.5 Å². The van der Waals surface area contributed by atoms with E-state index < -0.39 is 0 Å². The molecule has 2 heterocycles. The Kier molecular flexibility index (Phi) is 5.47. The van der Waals surface area contributed by atoms with Crippen molar-refractivity contribution in [3.8, 4) is 11.5 Å². The summed E-state index contributed by atoms with van der Waals surface area (Å²) in [5.74, 6) is 1.62. The first-order chi connectivity index (χ1) is 14.5. The van der Waals surface area contributed by atoms with Crippen LogP contribution in [0.1, 0.15) is 30.2 Å². The summed E-state index contributed by atoms with van der Waals surface area (Å²) in [6, 6.07) is 11.0. The minimum Gasteiger partial charge on any atom is -0.457 e. The van der Waals surface area contributed by atoms with Crippen molar-refractivity contribution in [2.45, 2.75) is 33.1 Å². The number of pyridine rings is 1. The molecule has 0 spiro atoms. The fourth-order valence-electron chi connectivity index (χ4n) is 3.53. The summed E-state index contributed by atoms with van der Waals surface area (Å²) >= 11 is 0. The molecule has 2 N–H and O–H groups in total. The summed E-state index contributed by atoms with van der Waals surface area (Å²) in [6.07, 6.45) is 3.80. The zero-order chi connectivity index (χ0) is 21.1. The van der Waals surface area contributed by atoms with Crippen molar-refractivity contribution in [2.75, 3.05) is 10.6 Å². The Hall–Kier alpha value is -3.68. The van der Waals surface area contributed by atoms with Crippen LogP contribution >= 0.6 is 0 Å². The molecule has 0 fully saturated rings. The third kappa shape index (κ3) is 4.65. The van der Waals surface area contributed by atoms with Gasteiger partial charge in [-0.05, 0) is 55.5 Å². The highest BCUT2D eigenvalue weighted by molar-refractivity contribution is 5.91. The number of rotatable bonds is 5. The molecule has 2 aromatic heterocycles. The zero-order valence-corrected chi connectivity index (χ0v) is 16.8. The van der Waals surface area contributed by atoms with Gasteiger partial charge in [0.25, 0.3) is 0 Å². The molecule has 2 amide bonds. The molecular formula is C22H22N4O4. The lowest BCUT2D eigenvalue weighted by molar-refractivity contribution is -0.120. The smallest absolute Gasteiger partial charge is 0.231 e. The molecule has 4 rings (SSSR count). The molecule has 30 heavy (non-hydrogen) atoms. The van der Waals surface area contributed by atoms with E-state index >= 15 is 0 Å². The van der Waals surface area contributed by atoms with Crippen LogP contribution < -0.4 is 15.4 Å². The number of carbonyl (C=O) groups excluding carboxylic acids is 2. The second-order valence-corrected chi connectivity index (χ2v) is 7.35. The van der Waals surface area contributed by atoms with E-state index in [1.807, 2.05) is 18.2 Å². The molecular weight excluding hydrogens is 384 g/mol. The predicted molar refractivity (Wildman–Crippen MR) is 110 cm³/mol. The Bertz CT molecular complexity index is 1090. The Balaban J connectivity index is 1.45. The molecule has 154 valence electrons. The monoisotopic (exact) mass is 406 g/mol. The molecule has 0 saturated heterocycles. The zero-order valence-electron chi connectivity index (χ0n) is 16.8. The van der Waals surface area contributed by atoms with Crippen LogP contribution in [0.25, 0.3) is 0 Å². The van der Waals surface area contributed by atoms with Crippen molar-refractivity contribution < 1.29 is 18.8 Å². The number of aromatic nitrogens is 2. The highest BCUT2D eigenvalue weighted by Crippen LogP contribution is 2.31. The van der Waals surface area contributed by atoms with E-state index in [-0.39, 0.29) is 17.7 Å². The summed E-state index contributed by atoms with van der Waals surface area (Å²) in [5.41, 5.74) is 3.03. The number of ether oxygens (including phenoxy) is 1. The molecule has 1 aliphatic rings. The molecule has 1 aromatic carbocycles. The van der Waals surface area contributed by atoms with Gasteiger partial charge < -0.3 is 14.6 Å². The summed E-state index contributed by atoms with van der Waals surface area (Å²) < 4.78 is 11.0. The van der Waals surface area contributed by atoms with Crippen molar-refractivity contribution in [3.63, 3.8) is 0 Å². The predicted octanol–water partition coefficient (Wildman–Crippen LogP) is 3.87. The van der Waals surface area contributed by atoms with Crippen LogP contribution in [0.3, 0.4) is 0 Å². The van der Waals surface area contributed by atoms with Crippen LogP contribution in [0.4, 0.5) is 11.7 Å². The Labute approximate surface area is 173 Å². The van der Waals surface area contributed by atoms with Crippen molar-refractivity contribution in [2.24, 2.45) is 5.92 Å². The number of nitrogens with one attached hydrogen (secondary N) is 2. The molecule has 3 aromatic rings. The van der Waals surface area contributed by atoms with Crippen molar-refractivity contribution >= 4 is 23.5 Å². The number of amides is 2. The van der Waals surface area contributed by atoms with Crippen molar-refractivity contribution in [3.05, 3.63) is 59.4 Å². The molecule has 1 unspecified atom stereocenters. The van der Waals surface area contributed by atoms with Gasteiger partial charge in [-0.3, -0.25) is 14.9 Å². The molecule has 8 nitrogen and oxygen atoms in total. The van der Waals surface area contributed by atoms with E-state index in [1.165, 1.54) is 12.5 Å². The number of anilines is 2. The maximum Gasteiger partial charge on any atom is 0.231 e. The van der Waals surface area contributed by atoms with Gasteiger partial charge in [0.05, 0.1) is 5.69 Å². The first kappa shape index (κ1) is 19.6. The van der Waals surface area contributed by atoms with Gasteiger partial charge in [0.15, 0.2) is 0 Å². The van der Waals surface area contributed by atoms with E-state index in [4.69, 9.17) is 9.26 Å². The van der Waals surface area contributed by atoms with Gasteiger partial charge in [0.2, 0.25) is 17.7 Å².